The molecule has 148 valence electrons. The molecule has 1 atom stereocenters. The predicted molar refractivity (Wildman–Crippen MR) is 105 cm³/mol. The molecule has 1 N–H and O–H groups in total. The van der Waals surface area contributed by atoms with Crippen LogP contribution in [-0.2, 0) is 20.9 Å². The molecule has 6 nitrogen and oxygen atoms in total. The average Bonchev–Trinajstić information content (AvgIpc) is 2.66. The summed E-state index contributed by atoms with van der Waals surface area (Å²) in [7, 11) is 0. The van der Waals surface area contributed by atoms with Gasteiger partial charge >= 0.3 is 12.1 Å². The molecule has 0 spiro atoms. The molecule has 0 heterocycles. The normalized spacial score (nSPS) is 12.0. The first-order valence-electron chi connectivity index (χ1n) is 9.03. The summed E-state index contributed by atoms with van der Waals surface area (Å²) in [5.41, 5.74) is 0.517. The maximum absolute atomic E-state index is 12.5. The van der Waals surface area contributed by atoms with Crippen molar-refractivity contribution in [3.8, 4) is 0 Å². The van der Waals surface area contributed by atoms with Crippen LogP contribution in [0.3, 0.4) is 0 Å². The number of hydrogen-bond donors (Lipinski definition) is 1. The molecule has 0 aliphatic carbocycles. The van der Waals surface area contributed by atoms with Crippen LogP contribution in [0.25, 0.3) is 0 Å². The van der Waals surface area contributed by atoms with Crippen LogP contribution in [0, 0.1) is 0 Å². The van der Waals surface area contributed by atoms with E-state index in [1.807, 2.05) is 30.3 Å². The van der Waals surface area contributed by atoms with Gasteiger partial charge in [0.2, 0.25) is 0 Å². The van der Waals surface area contributed by atoms with Gasteiger partial charge in [0.15, 0.2) is 5.78 Å². The topological polar surface area (TPSA) is 81.7 Å². The molecular weight excluding hydrogens is 358 g/mol. The molecule has 0 aromatic heterocycles. The number of rotatable bonds is 7. The zero-order chi connectivity index (χ0) is 20.6. The number of hydrogen-bond acceptors (Lipinski definition) is 5. The summed E-state index contributed by atoms with van der Waals surface area (Å²) in [6.45, 7) is 5.21. The van der Waals surface area contributed by atoms with E-state index in [-0.39, 0.29) is 18.8 Å². The van der Waals surface area contributed by atoms with Gasteiger partial charge in [-0.25, -0.2) is 9.59 Å². The van der Waals surface area contributed by atoms with E-state index < -0.39 is 23.7 Å². The van der Waals surface area contributed by atoms with Crippen LogP contribution in [0.2, 0.25) is 0 Å². The number of ether oxygens (including phenoxy) is 2. The predicted octanol–water partition coefficient (Wildman–Crippen LogP) is 3.90. The fraction of sp³-hybridized carbons (Fsp3) is 0.318. The van der Waals surface area contributed by atoms with Crippen LogP contribution in [-0.4, -0.2) is 29.5 Å². The summed E-state index contributed by atoms with van der Waals surface area (Å²) < 4.78 is 10.5. The number of carbonyl (C=O) groups is 3. The van der Waals surface area contributed by atoms with Crippen molar-refractivity contribution in [2.75, 3.05) is 0 Å². The highest BCUT2D eigenvalue weighted by Crippen LogP contribution is 2.13. The number of nitrogens with one attached hydrogen (secondary N) is 1. The van der Waals surface area contributed by atoms with E-state index in [0.717, 1.165) is 5.56 Å². The minimum atomic E-state index is -1.14. The highest BCUT2D eigenvalue weighted by Gasteiger charge is 2.29. The summed E-state index contributed by atoms with van der Waals surface area (Å²) in [5, 5.41) is 2.45. The molecule has 0 aliphatic heterocycles. The van der Waals surface area contributed by atoms with Crippen molar-refractivity contribution in [1.82, 2.24) is 5.32 Å². The molecule has 2 aromatic carbocycles. The third kappa shape index (κ3) is 7.23. The van der Waals surface area contributed by atoms with E-state index in [1.165, 1.54) is 0 Å². The maximum atomic E-state index is 12.5. The molecule has 28 heavy (non-hydrogen) atoms. The van der Waals surface area contributed by atoms with Gasteiger partial charge in [0, 0.05) is 12.0 Å². The SMILES string of the molecule is CC(C)(C)OC(=O)[C@H](CC(=O)c1ccccc1)NC(=O)OCc1ccccc1. The van der Waals surface area contributed by atoms with E-state index in [9.17, 15) is 14.4 Å². The van der Waals surface area contributed by atoms with Gasteiger partial charge in [0.1, 0.15) is 18.2 Å². The van der Waals surface area contributed by atoms with Crippen LogP contribution >= 0.6 is 0 Å². The van der Waals surface area contributed by atoms with Gasteiger partial charge in [-0.15, -0.1) is 0 Å². The van der Waals surface area contributed by atoms with E-state index >= 15 is 0 Å². The van der Waals surface area contributed by atoms with Gasteiger partial charge in [-0.3, -0.25) is 4.79 Å². The molecule has 0 bridgehead atoms. The summed E-state index contributed by atoms with van der Waals surface area (Å²) in [6, 6.07) is 16.6. The summed E-state index contributed by atoms with van der Waals surface area (Å²) in [5.74, 6) is -0.965. The Morgan fingerprint density at radius 2 is 1.50 bits per heavy atom. The second-order valence-electron chi connectivity index (χ2n) is 7.29. The number of esters is 1. The third-order valence-corrected chi connectivity index (χ3v) is 3.68. The molecule has 1 amide bonds. The number of alkyl carbamates (subject to hydrolysis) is 1. The van der Waals surface area contributed by atoms with Crippen LogP contribution in [0.15, 0.2) is 60.7 Å². The zero-order valence-electron chi connectivity index (χ0n) is 16.3. The van der Waals surface area contributed by atoms with Crippen LogP contribution < -0.4 is 5.32 Å². The molecule has 0 saturated carbocycles. The van der Waals surface area contributed by atoms with Gasteiger partial charge in [-0.2, -0.15) is 0 Å². The fourth-order valence-corrected chi connectivity index (χ4v) is 2.40. The highest BCUT2D eigenvalue weighted by molar-refractivity contribution is 5.99. The first kappa shape index (κ1) is 21.2. The fourth-order valence-electron chi connectivity index (χ4n) is 2.40. The summed E-state index contributed by atoms with van der Waals surface area (Å²) in [4.78, 5) is 37.1. The Bertz CT molecular complexity index is 797. The minimum Gasteiger partial charge on any atom is -0.458 e. The van der Waals surface area contributed by atoms with Crippen molar-refractivity contribution < 1.29 is 23.9 Å². The standard InChI is InChI=1S/C22H25NO5/c1-22(2,3)28-20(25)18(14-19(24)17-12-8-5-9-13-17)23-21(26)27-15-16-10-6-4-7-11-16/h4-13,18H,14-15H2,1-3H3,(H,23,26)/t18-/m0/s1. The number of ketones is 1. The Hall–Kier alpha value is -3.15. The Balaban J connectivity index is 2.03. The van der Waals surface area contributed by atoms with Crippen molar-refractivity contribution in [2.24, 2.45) is 0 Å². The monoisotopic (exact) mass is 383 g/mol. The van der Waals surface area contributed by atoms with Crippen LogP contribution in [0.1, 0.15) is 43.1 Å². The highest BCUT2D eigenvalue weighted by atomic mass is 16.6. The Kier molecular flexibility index (Phi) is 7.32. The maximum Gasteiger partial charge on any atom is 0.408 e. The number of Topliss-reactive ketones (excluding diaryl/α,β-unsaturated/α-hetero) is 1. The van der Waals surface area contributed by atoms with E-state index in [0.29, 0.717) is 5.56 Å². The smallest absolute Gasteiger partial charge is 0.408 e. The third-order valence-electron chi connectivity index (χ3n) is 3.68. The lowest BCUT2D eigenvalue weighted by atomic mass is 10.0. The van der Waals surface area contributed by atoms with Gasteiger partial charge in [0.05, 0.1) is 0 Å². The molecule has 0 unspecified atom stereocenters. The first-order valence-corrected chi connectivity index (χ1v) is 9.03. The van der Waals surface area contributed by atoms with E-state index in [4.69, 9.17) is 9.47 Å². The second kappa shape index (κ2) is 9.69. The van der Waals surface area contributed by atoms with Crippen molar-refractivity contribution in [3.63, 3.8) is 0 Å². The first-order chi connectivity index (χ1) is 13.2. The zero-order valence-corrected chi connectivity index (χ0v) is 16.3. The second-order valence-corrected chi connectivity index (χ2v) is 7.29. The molecule has 2 rings (SSSR count). The Labute approximate surface area is 164 Å². The van der Waals surface area contributed by atoms with Crippen molar-refractivity contribution in [3.05, 3.63) is 71.8 Å². The molecule has 0 saturated heterocycles. The van der Waals surface area contributed by atoms with Crippen LogP contribution in [0.5, 0.6) is 0 Å². The number of carbonyl (C=O) groups excluding carboxylic acids is 3. The molecular formula is C22H25NO5. The van der Waals surface area contributed by atoms with Gasteiger partial charge < -0.3 is 14.8 Å². The van der Waals surface area contributed by atoms with Crippen molar-refractivity contribution in [2.45, 2.75) is 45.4 Å². The average molecular weight is 383 g/mol. The molecule has 0 radical (unpaired) electrons. The quantitative estimate of drug-likeness (QED) is 0.579. The van der Waals surface area contributed by atoms with E-state index in [2.05, 4.69) is 5.32 Å². The van der Waals surface area contributed by atoms with Crippen molar-refractivity contribution >= 4 is 17.8 Å². The van der Waals surface area contributed by atoms with Gasteiger partial charge in [-0.1, -0.05) is 60.7 Å². The van der Waals surface area contributed by atoms with Gasteiger partial charge in [-0.05, 0) is 26.3 Å². The van der Waals surface area contributed by atoms with Gasteiger partial charge in [0.25, 0.3) is 0 Å². The molecule has 0 aliphatic rings. The lowest BCUT2D eigenvalue weighted by Gasteiger charge is -2.24. The van der Waals surface area contributed by atoms with E-state index in [1.54, 1.807) is 51.1 Å². The molecule has 0 fully saturated rings. The lowest BCUT2D eigenvalue weighted by molar-refractivity contribution is -0.157. The largest absolute Gasteiger partial charge is 0.458 e. The molecule has 6 heteroatoms. The summed E-state index contributed by atoms with van der Waals surface area (Å²) in [6.07, 6.45) is -1.01. The minimum absolute atomic E-state index is 0.0559. The van der Waals surface area contributed by atoms with Crippen LogP contribution in [0.4, 0.5) is 4.79 Å². The Morgan fingerprint density at radius 3 is 2.07 bits per heavy atom. The number of benzene rings is 2. The van der Waals surface area contributed by atoms with Crippen molar-refractivity contribution in [1.29, 1.82) is 0 Å². The summed E-state index contributed by atoms with van der Waals surface area (Å²) >= 11 is 0. The molecule has 2 aromatic rings. The number of amides is 1. The lowest BCUT2D eigenvalue weighted by Crippen LogP contribution is -2.45. The Morgan fingerprint density at radius 1 is 0.929 bits per heavy atom.